The Bertz CT molecular complexity index is 3050. The maximum absolute atomic E-state index is 6.60. The first-order valence-electron chi connectivity index (χ1n) is 19.7. The van der Waals surface area contributed by atoms with Gasteiger partial charge < -0.3 is 13.9 Å². The molecule has 0 aliphatic rings. The van der Waals surface area contributed by atoms with Crippen molar-refractivity contribution in [2.75, 3.05) is 0 Å². The minimum atomic E-state index is 0. The van der Waals surface area contributed by atoms with Crippen LogP contribution in [0.2, 0.25) is 0 Å². The van der Waals surface area contributed by atoms with Crippen LogP contribution < -0.4 is 9.30 Å². The van der Waals surface area contributed by atoms with Gasteiger partial charge >= 0.3 is 0 Å². The van der Waals surface area contributed by atoms with Gasteiger partial charge in [-0.2, -0.15) is 18.2 Å². The van der Waals surface area contributed by atoms with Crippen LogP contribution in [0, 0.1) is 23.9 Å². The van der Waals surface area contributed by atoms with Crippen molar-refractivity contribution >= 4 is 32.8 Å². The van der Waals surface area contributed by atoms with Crippen molar-refractivity contribution in [2.45, 2.75) is 27.2 Å². The largest absolute Gasteiger partial charge is 0.510 e. The van der Waals surface area contributed by atoms with Crippen molar-refractivity contribution in [1.29, 1.82) is 0 Å². The van der Waals surface area contributed by atoms with Gasteiger partial charge in [0.2, 0.25) is 0 Å². The van der Waals surface area contributed by atoms with Gasteiger partial charge in [0.1, 0.15) is 5.82 Å². The number of fused-ring (bicyclic) bond motifs is 4. The van der Waals surface area contributed by atoms with Crippen LogP contribution in [0.4, 0.5) is 0 Å². The minimum Gasteiger partial charge on any atom is -0.510 e. The zero-order valence-corrected chi connectivity index (χ0v) is 35.2. The first-order chi connectivity index (χ1) is 28.4. The predicted molar refractivity (Wildman–Crippen MR) is 234 cm³/mol. The average molecular weight is 944 g/mol. The third-order valence-electron chi connectivity index (χ3n) is 10.5. The smallest absolute Gasteiger partial charge is 0.268 e. The molecule has 0 N–H and O–H groups in total. The number of imidazole rings is 1. The van der Waals surface area contributed by atoms with E-state index in [0.29, 0.717) is 11.5 Å². The molecule has 0 amide bonds. The molecule has 0 saturated carbocycles. The number of hydrogen-bond donors (Lipinski definition) is 0. The second-order valence-corrected chi connectivity index (χ2v) is 15.9. The molecule has 10 aromatic rings. The maximum Gasteiger partial charge on any atom is 0.268 e. The van der Waals surface area contributed by atoms with Crippen molar-refractivity contribution in [3.05, 3.63) is 200 Å². The van der Waals surface area contributed by atoms with Gasteiger partial charge in [-0.25, -0.2) is 4.98 Å². The number of ether oxygens (including phenoxy) is 1. The molecule has 0 bridgehead atoms. The van der Waals surface area contributed by atoms with Gasteiger partial charge in [-0.3, -0.25) is 4.57 Å². The van der Waals surface area contributed by atoms with Crippen LogP contribution in [-0.4, -0.2) is 14.1 Å². The van der Waals surface area contributed by atoms with Gasteiger partial charge in [-0.15, -0.1) is 29.7 Å². The Morgan fingerprint density at radius 1 is 0.610 bits per heavy atom. The number of pyridine rings is 1. The number of aromatic nitrogens is 4. The molecule has 290 valence electrons. The Labute approximate surface area is 359 Å². The Morgan fingerprint density at radius 2 is 1.25 bits per heavy atom. The summed E-state index contributed by atoms with van der Waals surface area (Å²) in [6.07, 6.45) is 6.60. The SMILES string of the molecule is CC(C)(C)Cc1ccnc(-n2c3[c-]c(Oc4[c-]c(-n5[c-][n+](-c6c(-c7ccccc7)cccc6-c6ccccc6)c6ccccc65)ccc4)ccc3c3ccccc32)c1.[Pt]. The molecule has 10 rings (SSSR count). The van der Waals surface area contributed by atoms with Crippen molar-refractivity contribution in [3.63, 3.8) is 0 Å². The minimum absolute atomic E-state index is 0. The van der Waals surface area contributed by atoms with E-state index in [0.717, 1.165) is 78.7 Å². The van der Waals surface area contributed by atoms with Crippen LogP contribution in [-0.2, 0) is 27.5 Å². The monoisotopic (exact) mass is 943 g/mol. The second-order valence-electron chi connectivity index (χ2n) is 15.9. The molecule has 3 heterocycles. The summed E-state index contributed by atoms with van der Waals surface area (Å²) in [7, 11) is 0. The molecular weight excluding hydrogens is 904 g/mol. The summed E-state index contributed by atoms with van der Waals surface area (Å²) >= 11 is 0. The van der Waals surface area contributed by atoms with E-state index in [-0.39, 0.29) is 26.5 Å². The van der Waals surface area contributed by atoms with E-state index >= 15 is 0 Å². The molecule has 0 aliphatic carbocycles. The standard InChI is InChI=1S/C53H40N4O.Pt/c1-53(2,3)35-37-30-31-54-51(32-37)57-47-25-11-10-22-45(47)46-29-28-42(34-50(46)57)58-41-21-14-20-40(33-41)55-36-56(49-27-13-12-26-48(49)55)52-43(38-16-6-4-7-17-38)23-15-24-44(52)39-18-8-5-9-19-39;/h4-32H,35H2,1-3H3;/q-2;. The Balaban J connectivity index is 0.00000449. The number of nitrogens with zero attached hydrogens (tertiary/aromatic N) is 4. The van der Waals surface area contributed by atoms with Gasteiger partial charge in [0.25, 0.3) is 6.33 Å². The van der Waals surface area contributed by atoms with Crippen LogP contribution >= 0.6 is 0 Å². The fourth-order valence-electron chi connectivity index (χ4n) is 8.11. The molecule has 5 nitrogen and oxygen atoms in total. The Morgan fingerprint density at radius 3 is 1.98 bits per heavy atom. The molecule has 0 spiro atoms. The van der Waals surface area contributed by atoms with Crippen LogP contribution in [0.25, 0.3) is 72.3 Å². The van der Waals surface area contributed by atoms with Crippen molar-refractivity contribution in [1.82, 2.24) is 14.1 Å². The third kappa shape index (κ3) is 7.28. The Hall–Kier alpha value is -6.55. The first kappa shape index (κ1) is 38.0. The molecule has 0 atom stereocenters. The van der Waals surface area contributed by atoms with E-state index in [1.807, 2.05) is 30.5 Å². The zero-order chi connectivity index (χ0) is 39.2. The fraction of sp³-hybridized carbons (Fsp3) is 0.0943. The van der Waals surface area contributed by atoms with E-state index in [1.54, 1.807) is 0 Å². The van der Waals surface area contributed by atoms with Gasteiger partial charge in [0.05, 0.1) is 16.7 Å². The maximum atomic E-state index is 6.60. The fourth-order valence-corrected chi connectivity index (χ4v) is 8.11. The summed E-state index contributed by atoms with van der Waals surface area (Å²) in [4.78, 5) is 4.85. The number of benzene rings is 7. The summed E-state index contributed by atoms with van der Waals surface area (Å²) in [5.74, 6) is 2.03. The van der Waals surface area contributed by atoms with E-state index in [2.05, 4.69) is 199 Å². The van der Waals surface area contributed by atoms with Gasteiger partial charge in [-0.05, 0) is 68.9 Å². The van der Waals surface area contributed by atoms with Crippen LogP contribution in [0.15, 0.2) is 176 Å². The molecule has 3 aromatic heterocycles. The molecule has 6 heteroatoms. The molecule has 0 aliphatic heterocycles. The zero-order valence-electron chi connectivity index (χ0n) is 33.0. The summed E-state index contributed by atoms with van der Waals surface area (Å²) in [5.41, 5.74) is 11.8. The van der Waals surface area contributed by atoms with E-state index < -0.39 is 0 Å². The summed E-state index contributed by atoms with van der Waals surface area (Å²) in [6, 6.07) is 66.1. The van der Waals surface area contributed by atoms with E-state index in [9.17, 15) is 0 Å². The molecule has 7 aromatic carbocycles. The second kappa shape index (κ2) is 15.7. The molecule has 59 heavy (non-hydrogen) atoms. The van der Waals surface area contributed by atoms with Gasteiger partial charge in [0, 0.05) is 44.3 Å². The van der Waals surface area contributed by atoms with Crippen LogP contribution in [0.3, 0.4) is 0 Å². The number of hydrogen-bond acceptors (Lipinski definition) is 2. The third-order valence-corrected chi connectivity index (χ3v) is 10.5. The quantitative estimate of drug-likeness (QED) is 0.112. The molecule has 0 unspecified atom stereocenters. The van der Waals surface area contributed by atoms with Gasteiger partial charge in [-0.1, -0.05) is 148 Å². The summed E-state index contributed by atoms with van der Waals surface area (Å²) in [5, 5.41) is 2.23. The molecular formula is C53H40N4OPt-2. The number of para-hydroxylation sites is 4. The number of rotatable bonds is 8. The molecule has 0 fully saturated rings. The topological polar surface area (TPSA) is 35.9 Å². The first-order valence-corrected chi connectivity index (χ1v) is 19.7. The predicted octanol–water partition coefficient (Wildman–Crippen LogP) is 12.5. The van der Waals surface area contributed by atoms with Gasteiger partial charge in [0.15, 0.2) is 0 Å². The van der Waals surface area contributed by atoms with Crippen molar-refractivity contribution < 1.29 is 30.4 Å². The van der Waals surface area contributed by atoms with Crippen LogP contribution in [0.1, 0.15) is 26.3 Å². The molecule has 0 saturated heterocycles. The summed E-state index contributed by atoms with van der Waals surface area (Å²) in [6.45, 7) is 6.79. The normalized spacial score (nSPS) is 11.6. The van der Waals surface area contributed by atoms with Crippen molar-refractivity contribution in [3.8, 4) is 50.9 Å². The van der Waals surface area contributed by atoms with E-state index in [4.69, 9.17) is 9.72 Å². The Kier molecular flexibility index (Phi) is 10.1. The summed E-state index contributed by atoms with van der Waals surface area (Å²) < 4.78 is 13.1. The van der Waals surface area contributed by atoms with Crippen molar-refractivity contribution in [2.24, 2.45) is 5.41 Å². The average Bonchev–Trinajstić information content (AvgIpc) is 3.80. The van der Waals surface area contributed by atoms with E-state index in [1.165, 1.54) is 5.56 Å². The molecule has 0 radical (unpaired) electrons. The van der Waals surface area contributed by atoms with Crippen LogP contribution in [0.5, 0.6) is 11.5 Å².